The van der Waals surface area contributed by atoms with Gasteiger partial charge in [0.2, 0.25) is 0 Å². The van der Waals surface area contributed by atoms with Crippen LogP contribution in [0.3, 0.4) is 0 Å². The fraction of sp³-hybridized carbons (Fsp3) is 0.286. The average molecular weight is 349 g/mol. The van der Waals surface area contributed by atoms with E-state index >= 15 is 0 Å². The van der Waals surface area contributed by atoms with Crippen molar-refractivity contribution in [2.24, 2.45) is 0 Å². The van der Waals surface area contributed by atoms with Gasteiger partial charge in [0.05, 0.1) is 12.7 Å². The maximum Gasteiger partial charge on any atom is 0.272 e. The Labute approximate surface area is 152 Å². The van der Waals surface area contributed by atoms with Crippen molar-refractivity contribution in [1.82, 2.24) is 10.3 Å². The molecule has 1 aliphatic heterocycles. The highest BCUT2D eigenvalue weighted by Gasteiger charge is 2.16. The number of benzene rings is 2. The quantitative estimate of drug-likeness (QED) is 0.675. The summed E-state index contributed by atoms with van der Waals surface area (Å²) in [5, 5.41) is 7.34. The number of carbonyl (C=O) groups excluding carboxylic acids is 1. The lowest BCUT2D eigenvalue weighted by molar-refractivity contribution is 0.0277. The monoisotopic (exact) mass is 349 g/mol. The molecule has 5 nitrogen and oxygen atoms in total. The molecule has 0 bridgehead atoms. The van der Waals surface area contributed by atoms with Crippen LogP contribution in [-0.2, 0) is 4.74 Å². The number of morpholine rings is 1. The van der Waals surface area contributed by atoms with Gasteiger partial charge in [0.1, 0.15) is 5.69 Å². The fourth-order valence-electron chi connectivity index (χ4n) is 3.49. The van der Waals surface area contributed by atoms with Crippen LogP contribution in [0.25, 0.3) is 10.9 Å². The van der Waals surface area contributed by atoms with Gasteiger partial charge in [-0.05, 0) is 49.2 Å². The second-order valence-corrected chi connectivity index (χ2v) is 6.87. The van der Waals surface area contributed by atoms with Crippen molar-refractivity contribution in [2.45, 2.75) is 20.0 Å². The predicted molar refractivity (Wildman–Crippen MR) is 104 cm³/mol. The molecule has 26 heavy (non-hydrogen) atoms. The number of anilines is 1. The fourth-order valence-corrected chi connectivity index (χ4v) is 3.49. The van der Waals surface area contributed by atoms with E-state index in [2.05, 4.69) is 41.6 Å². The Hall–Kier alpha value is -2.63. The van der Waals surface area contributed by atoms with E-state index < -0.39 is 0 Å². The van der Waals surface area contributed by atoms with Crippen molar-refractivity contribution < 1.29 is 9.53 Å². The summed E-state index contributed by atoms with van der Waals surface area (Å²) in [6, 6.07) is 14.0. The second kappa shape index (κ2) is 6.94. The number of hydrogen-bond donors (Lipinski definition) is 3. The van der Waals surface area contributed by atoms with Gasteiger partial charge in [-0.25, -0.2) is 0 Å². The van der Waals surface area contributed by atoms with Crippen LogP contribution in [0.4, 0.5) is 5.69 Å². The van der Waals surface area contributed by atoms with E-state index in [4.69, 9.17) is 4.74 Å². The lowest BCUT2D eigenvalue weighted by Gasteiger charge is -2.24. The first-order valence-corrected chi connectivity index (χ1v) is 8.94. The summed E-state index contributed by atoms with van der Waals surface area (Å²) in [6.07, 6.45) is 0.0772. The number of fused-ring (bicyclic) bond motifs is 1. The Morgan fingerprint density at radius 2 is 1.96 bits per heavy atom. The van der Waals surface area contributed by atoms with Gasteiger partial charge in [0.15, 0.2) is 0 Å². The van der Waals surface area contributed by atoms with Gasteiger partial charge >= 0.3 is 0 Å². The SMILES string of the molecule is Cc1cc(C)c2[nH]c(C(=O)Nc3ccc(C4CNCCO4)cc3)cc2c1. The zero-order valence-corrected chi connectivity index (χ0v) is 15.1. The molecule has 1 aliphatic rings. The molecule has 3 aromatic rings. The highest BCUT2D eigenvalue weighted by atomic mass is 16.5. The molecule has 1 fully saturated rings. The minimum atomic E-state index is -0.137. The van der Waals surface area contributed by atoms with Gasteiger partial charge in [0.25, 0.3) is 5.91 Å². The van der Waals surface area contributed by atoms with Crippen LogP contribution in [0.15, 0.2) is 42.5 Å². The lowest BCUT2D eigenvalue weighted by Crippen LogP contribution is -2.33. The van der Waals surface area contributed by atoms with Crippen molar-refractivity contribution in [1.29, 1.82) is 0 Å². The maximum absolute atomic E-state index is 12.6. The van der Waals surface area contributed by atoms with E-state index in [1.807, 2.05) is 30.3 Å². The third-order valence-electron chi connectivity index (χ3n) is 4.78. The number of rotatable bonds is 3. The van der Waals surface area contributed by atoms with Crippen LogP contribution in [0, 0.1) is 13.8 Å². The molecule has 1 unspecified atom stereocenters. The van der Waals surface area contributed by atoms with Gasteiger partial charge in [0, 0.05) is 29.7 Å². The summed E-state index contributed by atoms with van der Waals surface area (Å²) in [4.78, 5) is 15.8. The first kappa shape index (κ1) is 16.8. The number of nitrogens with one attached hydrogen (secondary N) is 3. The molecule has 1 amide bonds. The van der Waals surface area contributed by atoms with Crippen LogP contribution in [0.5, 0.6) is 0 Å². The number of hydrogen-bond acceptors (Lipinski definition) is 3. The zero-order valence-electron chi connectivity index (χ0n) is 15.1. The van der Waals surface area contributed by atoms with Crippen LogP contribution in [-0.4, -0.2) is 30.6 Å². The molecule has 5 heteroatoms. The molecule has 3 N–H and O–H groups in total. The van der Waals surface area contributed by atoms with E-state index in [0.29, 0.717) is 5.69 Å². The second-order valence-electron chi connectivity index (χ2n) is 6.87. The van der Waals surface area contributed by atoms with Crippen LogP contribution in [0.2, 0.25) is 0 Å². The van der Waals surface area contributed by atoms with Crippen molar-refractivity contribution in [3.63, 3.8) is 0 Å². The lowest BCUT2D eigenvalue weighted by atomic mass is 10.1. The Morgan fingerprint density at radius 3 is 2.69 bits per heavy atom. The minimum Gasteiger partial charge on any atom is -0.371 e. The topological polar surface area (TPSA) is 66.2 Å². The van der Waals surface area contributed by atoms with E-state index in [1.165, 1.54) is 5.56 Å². The van der Waals surface area contributed by atoms with Gasteiger partial charge < -0.3 is 20.4 Å². The van der Waals surface area contributed by atoms with E-state index in [1.54, 1.807) is 0 Å². The van der Waals surface area contributed by atoms with Gasteiger partial charge in [-0.2, -0.15) is 0 Å². The molecule has 134 valence electrons. The third-order valence-corrected chi connectivity index (χ3v) is 4.78. The van der Waals surface area contributed by atoms with Crippen molar-refractivity contribution in [3.8, 4) is 0 Å². The number of H-pyrrole nitrogens is 1. The molecule has 1 atom stereocenters. The number of aromatic amines is 1. The Bertz CT molecular complexity index is 938. The average Bonchev–Trinajstić information content (AvgIpc) is 3.08. The van der Waals surface area contributed by atoms with Crippen molar-refractivity contribution in [3.05, 3.63) is 64.8 Å². The number of carbonyl (C=O) groups is 1. The molecular formula is C21H23N3O2. The number of amides is 1. The number of ether oxygens (including phenoxy) is 1. The molecule has 4 rings (SSSR count). The van der Waals surface area contributed by atoms with Crippen LogP contribution in [0.1, 0.15) is 33.3 Å². The summed E-state index contributed by atoms with van der Waals surface area (Å²) >= 11 is 0. The summed E-state index contributed by atoms with van der Waals surface area (Å²) in [5.74, 6) is -0.137. The summed E-state index contributed by atoms with van der Waals surface area (Å²) in [7, 11) is 0. The Morgan fingerprint density at radius 1 is 1.15 bits per heavy atom. The first-order valence-electron chi connectivity index (χ1n) is 8.94. The molecule has 0 saturated carbocycles. The smallest absolute Gasteiger partial charge is 0.272 e. The third kappa shape index (κ3) is 3.36. The van der Waals surface area contributed by atoms with Crippen LogP contribution >= 0.6 is 0 Å². The van der Waals surface area contributed by atoms with Gasteiger partial charge in [-0.3, -0.25) is 4.79 Å². The summed E-state index contributed by atoms with van der Waals surface area (Å²) < 4.78 is 5.75. The zero-order chi connectivity index (χ0) is 18.1. The molecule has 2 heterocycles. The summed E-state index contributed by atoms with van der Waals surface area (Å²) in [6.45, 7) is 6.55. The minimum absolute atomic E-state index is 0.0772. The highest BCUT2D eigenvalue weighted by molar-refractivity contribution is 6.06. The molecule has 1 saturated heterocycles. The largest absolute Gasteiger partial charge is 0.371 e. The molecule has 1 aromatic heterocycles. The molecular weight excluding hydrogens is 326 g/mol. The maximum atomic E-state index is 12.6. The molecule has 0 radical (unpaired) electrons. The Balaban J connectivity index is 1.50. The van der Waals surface area contributed by atoms with E-state index in [-0.39, 0.29) is 12.0 Å². The molecule has 2 aromatic carbocycles. The number of aromatic nitrogens is 1. The van der Waals surface area contributed by atoms with Crippen LogP contribution < -0.4 is 10.6 Å². The van der Waals surface area contributed by atoms with E-state index in [9.17, 15) is 4.79 Å². The standard InChI is InChI=1S/C21H23N3O2/c1-13-9-14(2)20-16(10-13)11-18(24-20)21(25)23-17-5-3-15(4-6-17)19-12-22-7-8-26-19/h3-6,9-11,19,22,24H,7-8,12H2,1-2H3,(H,23,25). The van der Waals surface area contributed by atoms with E-state index in [0.717, 1.165) is 47.4 Å². The highest BCUT2D eigenvalue weighted by Crippen LogP contribution is 2.23. The predicted octanol–water partition coefficient (Wildman–Crippen LogP) is 3.70. The van der Waals surface area contributed by atoms with Crippen molar-refractivity contribution >= 4 is 22.5 Å². The Kier molecular flexibility index (Phi) is 4.49. The molecule has 0 aliphatic carbocycles. The first-order chi connectivity index (χ1) is 12.6. The number of aryl methyl sites for hydroxylation is 2. The molecule has 0 spiro atoms. The van der Waals surface area contributed by atoms with Gasteiger partial charge in [-0.1, -0.05) is 23.8 Å². The van der Waals surface area contributed by atoms with Gasteiger partial charge in [-0.15, -0.1) is 0 Å². The van der Waals surface area contributed by atoms with Crippen molar-refractivity contribution in [2.75, 3.05) is 25.0 Å². The normalized spacial score (nSPS) is 17.4. The summed E-state index contributed by atoms with van der Waals surface area (Å²) in [5.41, 5.74) is 5.80.